The van der Waals surface area contributed by atoms with Gasteiger partial charge in [0.15, 0.2) is 17.3 Å². The third-order valence-corrected chi connectivity index (χ3v) is 8.32. The molecular formula is C31H31F3N8O2. The highest BCUT2D eigenvalue weighted by Gasteiger charge is 2.38. The minimum absolute atomic E-state index is 0.0237. The summed E-state index contributed by atoms with van der Waals surface area (Å²) >= 11 is 0. The molecule has 2 aliphatic heterocycles. The van der Waals surface area contributed by atoms with E-state index in [0.717, 1.165) is 48.1 Å². The van der Waals surface area contributed by atoms with E-state index in [-0.39, 0.29) is 24.3 Å². The van der Waals surface area contributed by atoms with E-state index in [0.29, 0.717) is 54.1 Å². The van der Waals surface area contributed by atoms with Crippen molar-refractivity contribution in [2.75, 3.05) is 30.0 Å². The third kappa shape index (κ3) is 4.93. The lowest BCUT2D eigenvalue weighted by molar-refractivity contribution is -0.140. The summed E-state index contributed by atoms with van der Waals surface area (Å²) in [4.78, 5) is 39.8. The molecule has 1 fully saturated rings. The molecule has 5 heterocycles. The van der Waals surface area contributed by atoms with Crippen LogP contribution in [0.4, 0.5) is 24.7 Å². The molecule has 44 heavy (non-hydrogen) atoms. The summed E-state index contributed by atoms with van der Waals surface area (Å²) in [5.74, 6) is 2.10. The quantitative estimate of drug-likeness (QED) is 0.269. The number of aromatic nitrogens is 6. The number of carbonyl (C=O) groups excluding carboxylic acids is 1. The van der Waals surface area contributed by atoms with E-state index in [1.807, 2.05) is 30.9 Å². The lowest BCUT2D eigenvalue weighted by atomic mass is 10.0. The Morgan fingerprint density at radius 1 is 1.07 bits per heavy atom. The van der Waals surface area contributed by atoms with Crippen LogP contribution in [-0.2, 0) is 23.9 Å². The Morgan fingerprint density at radius 2 is 1.84 bits per heavy atom. The highest BCUT2D eigenvalue weighted by atomic mass is 19.4. The molecule has 3 aliphatic rings. The molecule has 1 aliphatic carbocycles. The topological polar surface area (TPSA) is 102 Å². The largest absolute Gasteiger partial charge is 0.480 e. The van der Waals surface area contributed by atoms with Crippen LogP contribution in [0.15, 0.2) is 36.8 Å². The minimum atomic E-state index is -4.53. The predicted octanol–water partition coefficient (Wildman–Crippen LogP) is 5.58. The zero-order valence-electron chi connectivity index (χ0n) is 24.6. The summed E-state index contributed by atoms with van der Waals surface area (Å²) in [5, 5.41) is 0. The van der Waals surface area contributed by atoms with Crippen LogP contribution in [-0.4, -0.2) is 55.6 Å². The first-order valence-electron chi connectivity index (χ1n) is 14.7. The van der Waals surface area contributed by atoms with Crippen LogP contribution >= 0.6 is 0 Å². The first kappa shape index (κ1) is 28.2. The van der Waals surface area contributed by atoms with E-state index >= 15 is 0 Å². The van der Waals surface area contributed by atoms with E-state index in [4.69, 9.17) is 14.7 Å². The SMILES string of the molecule is COc1ncnc(C2CC2)c1-c1nc2c3c(n1)N(Cc1ccc(-c4nc(C(F)(F)F)cn4C(C)C)cc1)CC(=O)N3CCC2. The second kappa shape index (κ2) is 10.6. The Hall–Kier alpha value is -4.55. The fraction of sp³-hybridized carbons (Fsp3) is 0.419. The predicted molar refractivity (Wildman–Crippen MR) is 156 cm³/mol. The summed E-state index contributed by atoms with van der Waals surface area (Å²) in [6, 6.07) is 7.04. The third-order valence-electron chi connectivity index (χ3n) is 8.32. The maximum atomic E-state index is 13.4. The van der Waals surface area contributed by atoms with Gasteiger partial charge in [-0.3, -0.25) is 4.79 Å². The summed E-state index contributed by atoms with van der Waals surface area (Å²) in [5.41, 5.74) is 3.62. The van der Waals surface area contributed by atoms with Crippen molar-refractivity contribution in [2.45, 2.75) is 64.2 Å². The Balaban J connectivity index is 1.26. The first-order valence-corrected chi connectivity index (χ1v) is 14.7. The average molecular weight is 605 g/mol. The number of hydrogen-bond acceptors (Lipinski definition) is 8. The van der Waals surface area contributed by atoms with Crippen LogP contribution in [0.1, 0.15) is 67.7 Å². The normalized spacial score (nSPS) is 16.5. The fourth-order valence-electron chi connectivity index (χ4n) is 6.02. The Morgan fingerprint density at radius 3 is 2.52 bits per heavy atom. The zero-order chi connectivity index (χ0) is 30.7. The molecule has 3 aromatic heterocycles. The maximum Gasteiger partial charge on any atom is 0.434 e. The summed E-state index contributed by atoms with van der Waals surface area (Å²) in [6.07, 6.45) is 1.60. The fourth-order valence-corrected chi connectivity index (χ4v) is 6.02. The number of imidazole rings is 1. The van der Waals surface area contributed by atoms with Gasteiger partial charge in [0.25, 0.3) is 0 Å². The number of anilines is 2. The molecule has 4 aromatic rings. The standard InChI is InChI=1S/C31H31F3N8O2/c1-17(2)42-14-22(31(32,33)34)38-28(42)20-8-6-18(7-9-20)13-40-15-23(43)41-12-4-5-21-26(41)29(40)39-27(37-21)24-25(19-10-11-19)35-16-36-30(24)44-3/h6-9,14,16-17,19H,4-5,10-13,15H2,1-3H3. The van der Waals surface area contributed by atoms with E-state index in [1.54, 1.807) is 24.1 Å². The number of carbonyl (C=O) groups is 1. The molecular weight excluding hydrogens is 573 g/mol. The van der Waals surface area contributed by atoms with Crippen LogP contribution in [0.25, 0.3) is 22.8 Å². The van der Waals surface area contributed by atoms with Gasteiger partial charge in [0, 0.05) is 36.8 Å². The van der Waals surface area contributed by atoms with Crippen LogP contribution in [0.2, 0.25) is 0 Å². The average Bonchev–Trinajstić information content (AvgIpc) is 3.75. The molecule has 10 nitrogen and oxygen atoms in total. The van der Waals surface area contributed by atoms with Crippen molar-refractivity contribution in [3.05, 3.63) is 59.4 Å². The molecule has 0 saturated heterocycles. The highest BCUT2D eigenvalue weighted by Crippen LogP contribution is 2.47. The van der Waals surface area contributed by atoms with Crippen molar-refractivity contribution in [2.24, 2.45) is 0 Å². The number of alkyl halides is 3. The molecule has 1 saturated carbocycles. The number of rotatable bonds is 7. The van der Waals surface area contributed by atoms with Crippen molar-refractivity contribution in [3.63, 3.8) is 0 Å². The van der Waals surface area contributed by atoms with Crippen molar-refractivity contribution < 1.29 is 22.7 Å². The summed E-state index contributed by atoms with van der Waals surface area (Å²) in [7, 11) is 1.57. The highest BCUT2D eigenvalue weighted by molar-refractivity contribution is 6.03. The van der Waals surface area contributed by atoms with E-state index < -0.39 is 11.9 Å². The minimum Gasteiger partial charge on any atom is -0.480 e. The van der Waals surface area contributed by atoms with Crippen LogP contribution in [0.5, 0.6) is 5.88 Å². The van der Waals surface area contributed by atoms with E-state index in [1.165, 1.54) is 10.9 Å². The number of aryl methyl sites for hydroxylation is 1. The van der Waals surface area contributed by atoms with Gasteiger partial charge in [0.2, 0.25) is 11.8 Å². The first-order chi connectivity index (χ1) is 21.1. The number of ether oxygens (including phenoxy) is 1. The van der Waals surface area contributed by atoms with Gasteiger partial charge in [-0.15, -0.1) is 0 Å². The van der Waals surface area contributed by atoms with Crippen molar-refractivity contribution in [3.8, 4) is 28.7 Å². The summed E-state index contributed by atoms with van der Waals surface area (Å²) in [6.45, 7) is 4.75. The molecule has 0 N–H and O–H groups in total. The number of nitrogens with zero attached hydrogens (tertiary/aromatic N) is 8. The number of methoxy groups -OCH3 is 1. The molecule has 0 bridgehead atoms. The Kier molecular flexibility index (Phi) is 6.78. The Labute approximate surface area is 252 Å². The smallest absolute Gasteiger partial charge is 0.434 e. The Bertz CT molecular complexity index is 1750. The molecule has 0 radical (unpaired) electrons. The van der Waals surface area contributed by atoms with Gasteiger partial charge in [-0.05, 0) is 45.1 Å². The van der Waals surface area contributed by atoms with Gasteiger partial charge in [0.1, 0.15) is 23.4 Å². The monoisotopic (exact) mass is 604 g/mol. The molecule has 0 unspecified atom stereocenters. The lowest BCUT2D eigenvalue weighted by Crippen LogP contribution is -2.48. The van der Waals surface area contributed by atoms with E-state index in [2.05, 4.69) is 15.0 Å². The van der Waals surface area contributed by atoms with Crippen molar-refractivity contribution in [1.29, 1.82) is 0 Å². The molecule has 1 aromatic carbocycles. The number of hydrogen-bond donors (Lipinski definition) is 0. The maximum absolute atomic E-state index is 13.4. The van der Waals surface area contributed by atoms with Gasteiger partial charge >= 0.3 is 6.18 Å². The van der Waals surface area contributed by atoms with Gasteiger partial charge in [0.05, 0.1) is 25.0 Å². The van der Waals surface area contributed by atoms with Crippen molar-refractivity contribution >= 4 is 17.4 Å². The van der Waals surface area contributed by atoms with Crippen LogP contribution in [0.3, 0.4) is 0 Å². The van der Waals surface area contributed by atoms with E-state index in [9.17, 15) is 18.0 Å². The summed E-state index contributed by atoms with van der Waals surface area (Å²) < 4.78 is 47.4. The second-order valence-corrected chi connectivity index (χ2v) is 11.7. The van der Waals surface area contributed by atoms with Gasteiger partial charge in [-0.1, -0.05) is 24.3 Å². The van der Waals surface area contributed by atoms with Crippen molar-refractivity contribution in [1.82, 2.24) is 29.5 Å². The molecule has 0 atom stereocenters. The van der Waals surface area contributed by atoms with Crippen LogP contribution < -0.4 is 14.5 Å². The van der Waals surface area contributed by atoms with Gasteiger partial charge in [-0.25, -0.2) is 24.9 Å². The number of halogens is 3. The number of benzene rings is 1. The van der Waals surface area contributed by atoms with Gasteiger partial charge in [-0.2, -0.15) is 13.2 Å². The molecule has 228 valence electrons. The molecule has 1 amide bonds. The van der Waals surface area contributed by atoms with Gasteiger partial charge < -0.3 is 19.1 Å². The molecule has 7 rings (SSSR count). The molecule has 13 heteroatoms. The zero-order valence-corrected chi connectivity index (χ0v) is 24.6. The van der Waals surface area contributed by atoms with Crippen LogP contribution in [0, 0.1) is 0 Å². The lowest BCUT2D eigenvalue weighted by Gasteiger charge is -2.39. The number of amides is 1. The molecule has 0 spiro atoms. The second-order valence-electron chi connectivity index (χ2n) is 11.7.